The van der Waals surface area contributed by atoms with Crippen LogP contribution in [0.15, 0.2) is 94.4 Å². The molecule has 0 fully saturated rings. The first kappa shape index (κ1) is 26.6. The molecule has 5 rings (SSSR count). The summed E-state index contributed by atoms with van der Waals surface area (Å²) < 4.78 is 17.8. The van der Waals surface area contributed by atoms with Crippen molar-refractivity contribution in [1.29, 1.82) is 0 Å². The predicted octanol–water partition coefficient (Wildman–Crippen LogP) is 5.64. The number of aliphatic hydroxyl groups is 1. The van der Waals surface area contributed by atoms with E-state index in [0.717, 1.165) is 11.1 Å². The topological polar surface area (TPSA) is 125 Å². The van der Waals surface area contributed by atoms with Gasteiger partial charge in [-0.2, -0.15) is 0 Å². The van der Waals surface area contributed by atoms with E-state index in [2.05, 4.69) is 4.98 Å². The molecule has 2 aromatic heterocycles. The van der Waals surface area contributed by atoms with Gasteiger partial charge in [-0.05, 0) is 41.5 Å². The minimum Gasteiger partial charge on any atom is -0.508 e. The molecule has 0 spiro atoms. The predicted molar refractivity (Wildman–Crippen MR) is 153 cm³/mol. The van der Waals surface area contributed by atoms with Crippen LogP contribution in [-0.4, -0.2) is 40.1 Å². The van der Waals surface area contributed by atoms with Gasteiger partial charge in [0.1, 0.15) is 22.5 Å². The molecule has 0 bridgehead atoms. The lowest BCUT2D eigenvalue weighted by molar-refractivity contribution is 0.177. The highest BCUT2D eigenvalue weighted by Crippen LogP contribution is 2.46. The molecule has 0 aliphatic rings. The molecular formula is C32H29NO7. The van der Waals surface area contributed by atoms with E-state index in [9.17, 15) is 20.1 Å². The number of hydrogen-bond acceptors (Lipinski definition) is 7. The quantitative estimate of drug-likeness (QED) is 0.181. The Labute approximate surface area is 230 Å². The maximum Gasteiger partial charge on any atom is 0.204 e. The first-order valence-corrected chi connectivity index (χ1v) is 12.8. The molecular weight excluding hydrogens is 510 g/mol. The maximum absolute atomic E-state index is 13.6. The Morgan fingerprint density at radius 3 is 2.50 bits per heavy atom. The van der Waals surface area contributed by atoms with Crippen LogP contribution in [0.25, 0.3) is 28.4 Å². The van der Waals surface area contributed by atoms with Gasteiger partial charge in [-0.25, -0.2) is 0 Å². The lowest BCUT2D eigenvalue weighted by Gasteiger charge is -2.18. The zero-order chi connectivity index (χ0) is 28.1. The standard InChI is InChI=1S/C32H29NO7/c1-38-32-29(37)25(17-21-13-15-33-19-21)30-28(26(36)18-27(40-30)22-8-11-23(34)12-9-22)31(32)39-16-14-24(35)10-7-20-5-3-2-4-6-20/h2-13,15,18-19,24,33-35,37H,14,16-17H2,1H3/b10-7+/t24-/m0/s1. The molecule has 0 saturated carbocycles. The van der Waals surface area contributed by atoms with Crippen molar-refractivity contribution in [2.45, 2.75) is 18.9 Å². The summed E-state index contributed by atoms with van der Waals surface area (Å²) in [6.45, 7) is 0.0432. The minimum absolute atomic E-state index is 0.0111. The second-order valence-corrected chi connectivity index (χ2v) is 9.29. The van der Waals surface area contributed by atoms with Gasteiger partial charge in [-0.1, -0.05) is 42.5 Å². The SMILES string of the molecule is COc1c(O)c(Cc2cc[nH]c2)c2oc(-c3ccc(O)cc3)cc(=O)c2c1OCC[C@@H](O)/C=C/c1ccccc1. The van der Waals surface area contributed by atoms with Crippen LogP contribution in [0.4, 0.5) is 0 Å². The Balaban J connectivity index is 1.53. The monoisotopic (exact) mass is 539 g/mol. The first-order chi connectivity index (χ1) is 19.4. The number of nitrogens with one attached hydrogen (secondary N) is 1. The van der Waals surface area contributed by atoms with Crippen molar-refractivity contribution in [2.75, 3.05) is 13.7 Å². The molecule has 0 unspecified atom stereocenters. The van der Waals surface area contributed by atoms with Gasteiger partial charge < -0.3 is 34.2 Å². The third-order valence-electron chi connectivity index (χ3n) is 6.53. The number of H-pyrrole nitrogens is 1. The minimum atomic E-state index is -0.795. The van der Waals surface area contributed by atoms with Crippen LogP contribution < -0.4 is 14.9 Å². The molecule has 4 N–H and O–H groups in total. The van der Waals surface area contributed by atoms with Crippen LogP contribution in [0.3, 0.4) is 0 Å². The number of hydrogen-bond donors (Lipinski definition) is 4. The van der Waals surface area contributed by atoms with Gasteiger partial charge in [0.15, 0.2) is 16.9 Å². The van der Waals surface area contributed by atoms with Crippen LogP contribution in [0.2, 0.25) is 0 Å². The molecule has 8 nitrogen and oxygen atoms in total. The summed E-state index contributed by atoms with van der Waals surface area (Å²) in [7, 11) is 1.39. The number of aliphatic hydroxyl groups excluding tert-OH is 1. The highest BCUT2D eigenvalue weighted by Gasteiger charge is 2.26. The van der Waals surface area contributed by atoms with E-state index in [1.807, 2.05) is 42.5 Å². The fourth-order valence-electron chi connectivity index (χ4n) is 4.48. The molecule has 3 aromatic carbocycles. The zero-order valence-corrected chi connectivity index (χ0v) is 21.8. The number of ether oxygens (including phenoxy) is 2. The molecule has 8 heteroatoms. The molecule has 0 amide bonds. The summed E-state index contributed by atoms with van der Waals surface area (Å²) in [6.07, 6.45) is 6.74. The molecule has 0 aliphatic heterocycles. The molecule has 0 radical (unpaired) electrons. The van der Waals surface area contributed by atoms with Crippen LogP contribution in [0.1, 0.15) is 23.1 Å². The largest absolute Gasteiger partial charge is 0.508 e. The van der Waals surface area contributed by atoms with Gasteiger partial charge >= 0.3 is 0 Å². The average molecular weight is 540 g/mol. The van der Waals surface area contributed by atoms with E-state index in [0.29, 0.717) is 11.1 Å². The second kappa shape index (κ2) is 11.8. The third kappa shape index (κ3) is 5.72. The molecule has 0 saturated heterocycles. The average Bonchev–Trinajstić information content (AvgIpc) is 3.48. The van der Waals surface area contributed by atoms with Gasteiger partial charge in [0.25, 0.3) is 0 Å². The van der Waals surface area contributed by atoms with Gasteiger partial charge in [0, 0.05) is 42.4 Å². The molecule has 0 aliphatic carbocycles. The van der Waals surface area contributed by atoms with Crippen LogP contribution >= 0.6 is 0 Å². The van der Waals surface area contributed by atoms with E-state index in [4.69, 9.17) is 13.9 Å². The van der Waals surface area contributed by atoms with Crippen LogP contribution in [0.5, 0.6) is 23.0 Å². The Morgan fingerprint density at radius 1 is 1.02 bits per heavy atom. The summed E-state index contributed by atoms with van der Waals surface area (Å²) in [5.74, 6) is 0.195. The molecule has 5 aromatic rings. The lowest BCUT2D eigenvalue weighted by Crippen LogP contribution is -2.12. The second-order valence-electron chi connectivity index (χ2n) is 9.29. The maximum atomic E-state index is 13.6. The Hall–Kier alpha value is -4.95. The molecule has 2 heterocycles. The fraction of sp³-hybridized carbons (Fsp3) is 0.156. The number of rotatable bonds is 10. The summed E-state index contributed by atoms with van der Waals surface area (Å²) in [5, 5.41) is 31.6. The van der Waals surface area contributed by atoms with Gasteiger partial charge in [-0.3, -0.25) is 4.79 Å². The number of aromatic hydroxyl groups is 2. The smallest absolute Gasteiger partial charge is 0.204 e. The molecule has 204 valence electrons. The number of fused-ring (bicyclic) bond motifs is 1. The van der Waals surface area contributed by atoms with Crippen molar-refractivity contribution in [3.05, 3.63) is 112 Å². The van der Waals surface area contributed by atoms with Crippen molar-refractivity contribution in [3.63, 3.8) is 0 Å². The van der Waals surface area contributed by atoms with Crippen molar-refractivity contribution in [1.82, 2.24) is 4.98 Å². The number of phenolic OH excluding ortho intramolecular Hbond substituents is 2. The normalized spacial score (nSPS) is 12.2. The zero-order valence-electron chi connectivity index (χ0n) is 21.8. The van der Waals surface area contributed by atoms with E-state index < -0.39 is 11.5 Å². The van der Waals surface area contributed by atoms with Crippen molar-refractivity contribution in [3.8, 4) is 34.3 Å². The summed E-state index contributed by atoms with van der Waals surface area (Å²) in [6, 6.07) is 19.1. The number of benzene rings is 3. The van der Waals surface area contributed by atoms with E-state index >= 15 is 0 Å². The van der Waals surface area contributed by atoms with Crippen molar-refractivity contribution >= 4 is 17.0 Å². The number of phenols is 2. The van der Waals surface area contributed by atoms with Gasteiger partial charge in [0.2, 0.25) is 5.75 Å². The van der Waals surface area contributed by atoms with Crippen molar-refractivity contribution in [2.24, 2.45) is 0 Å². The Bertz CT molecular complexity index is 1670. The lowest BCUT2D eigenvalue weighted by atomic mass is 10.0. The summed E-state index contributed by atoms with van der Waals surface area (Å²) >= 11 is 0. The summed E-state index contributed by atoms with van der Waals surface area (Å²) in [4.78, 5) is 16.5. The Kier molecular flexibility index (Phi) is 7.89. The molecule has 40 heavy (non-hydrogen) atoms. The number of aromatic amines is 1. The van der Waals surface area contributed by atoms with Gasteiger partial charge in [-0.15, -0.1) is 0 Å². The van der Waals surface area contributed by atoms with E-state index in [1.54, 1.807) is 30.6 Å². The van der Waals surface area contributed by atoms with Crippen LogP contribution in [-0.2, 0) is 6.42 Å². The fourth-order valence-corrected chi connectivity index (χ4v) is 4.48. The van der Waals surface area contributed by atoms with Crippen molar-refractivity contribution < 1.29 is 29.2 Å². The number of methoxy groups -OCH3 is 1. The third-order valence-corrected chi connectivity index (χ3v) is 6.53. The summed E-state index contributed by atoms with van der Waals surface area (Å²) in [5.41, 5.74) is 2.53. The van der Waals surface area contributed by atoms with Gasteiger partial charge in [0.05, 0.1) is 19.8 Å². The highest BCUT2D eigenvalue weighted by atomic mass is 16.5. The van der Waals surface area contributed by atoms with Crippen LogP contribution in [0, 0.1) is 0 Å². The molecule has 1 atom stereocenters. The van der Waals surface area contributed by atoms with E-state index in [1.165, 1.54) is 25.3 Å². The Morgan fingerprint density at radius 2 is 1.80 bits per heavy atom. The number of aromatic nitrogens is 1. The van der Waals surface area contributed by atoms with E-state index in [-0.39, 0.29) is 59.2 Å². The highest BCUT2D eigenvalue weighted by molar-refractivity contribution is 5.93. The first-order valence-electron chi connectivity index (χ1n) is 12.8.